The first kappa shape index (κ1) is 9.02. The van der Waals surface area contributed by atoms with Crippen molar-refractivity contribution in [3.63, 3.8) is 0 Å². The number of aromatic carboxylic acids is 1. The van der Waals surface area contributed by atoms with Gasteiger partial charge in [-0.15, -0.1) is 11.3 Å². The molecule has 0 spiro atoms. The summed E-state index contributed by atoms with van der Waals surface area (Å²) >= 11 is 1.48. The lowest BCUT2D eigenvalue weighted by atomic mass is 10.1. The molecule has 0 fully saturated rings. The zero-order valence-electron chi connectivity index (χ0n) is 7.48. The third-order valence-corrected chi connectivity index (χ3v) is 2.94. The normalized spacial score (nSPS) is 10.4. The van der Waals surface area contributed by atoms with Gasteiger partial charge in [0, 0.05) is 0 Å². The maximum absolute atomic E-state index is 10.9. The molecule has 0 aliphatic heterocycles. The number of methoxy groups -OCH3 is 1. The number of carbonyl (C=O) groups is 1. The van der Waals surface area contributed by atoms with Gasteiger partial charge in [-0.3, -0.25) is 0 Å². The number of benzene rings is 1. The Hall–Kier alpha value is -1.55. The number of rotatable bonds is 2. The van der Waals surface area contributed by atoms with Crippen LogP contribution in [0.4, 0.5) is 0 Å². The number of hydrogen-bond donors (Lipinski definition) is 1. The zero-order chi connectivity index (χ0) is 10.1. The molecule has 3 nitrogen and oxygen atoms in total. The van der Waals surface area contributed by atoms with Crippen molar-refractivity contribution in [2.75, 3.05) is 7.11 Å². The van der Waals surface area contributed by atoms with E-state index in [1.54, 1.807) is 12.1 Å². The molecule has 0 saturated heterocycles. The maximum Gasteiger partial charge on any atom is 0.339 e. The van der Waals surface area contributed by atoms with Crippen molar-refractivity contribution in [1.29, 1.82) is 0 Å². The van der Waals surface area contributed by atoms with Crippen molar-refractivity contribution in [1.82, 2.24) is 0 Å². The second-order valence-corrected chi connectivity index (χ2v) is 3.71. The van der Waals surface area contributed by atoms with Gasteiger partial charge in [0.05, 0.1) is 11.8 Å². The van der Waals surface area contributed by atoms with E-state index in [4.69, 9.17) is 9.84 Å². The maximum atomic E-state index is 10.9. The average Bonchev–Trinajstić information content (AvgIpc) is 2.63. The molecule has 1 N–H and O–H groups in total. The van der Waals surface area contributed by atoms with Crippen LogP contribution < -0.4 is 4.74 Å². The summed E-state index contributed by atoms with van der Waals surface area (Å²) in [7, 11) is 1.49. The summed E-state index contributed by atoms with van der Waals surface area (Å²) in [6.07, 6.45) is 0. The Balaban J connectivity index is 2.78. The van der Waals surface area contributed by atoms with E-state index in [1.165, 1.54) is 18.4 Å². The fourth-order valence-corrected chi connectivity index (χ4v) is 2.30. The highest BCUT2D eigenvalue weighted by molar-refractivity contribution is 7.17. The smallest absolute Gasteiger partial charge is 0.339 e. The summed E-state index contributed by atoms with van der Waals surface area (Å²) < 4.78 is 5.99. The van der Waals surface area contributed by atoms with E-state index in [-0.39, 0.29) is 5.56 Å². The monoisotopic (exact) mass is 208 g/mol. The number of carboxylic acids is 1. The molecule has 0 saturated carbocycles. The van der Waals surface area contributed by atoms with Crippen molar-refractivity contribution in [2.24, 2.45) is 0 Å². The highest BCUT2D eigenvalue weighted by Gasteiger charge is 2.14. The van der Waals surface area contributed by atoms with Crippen LogP contribution in [0.15, 0.2) is 23.6 Å². The van der Waals surface area contributed by atoms with Crippen LogP contribution in [-0.2, 0) is 0 Å². The molecule has 1 heterocycles. The molecule has 2 aromatic rings. The topological polar surface area (TPSA) is 46.5 Å². The van der Waals surface area contributed by atoms with Crippen LogP contribution in [0.1, 0.15) is 10.4 Å². The molecule has 0 aliphatic rings. The van der Waals surface area contributed by atoms with Gasteiger partial charge >= 0.3 is 5.97 Å². The lowest BCUT2D eigenvalue weighted by Crippen LogP contribution is -1.99. The van der Waals surface area contributed by atoms with Crippen LogP contribution in [0.5, 0.6) is 5.75 Å². The van der Waals surface area contributed by atoms with Crippen molar-refractivity contribution in [3.8, 4) is 5.75 Å². The summed E-state index contributed by atoms with van der Waals surface area (Å²) in [6.45, 7) is 0. The Labute approximate surface area is 84.6 Å². The lowest BCUT2D eigenvalue weighted by molar-refractivity contribution is 0.0693. The summed E-state index contributed by atoms with van der Waals surface area (Å²) in [6, 6.07) is 5.29. The number of hydrogen-bond acceptors (Lipinski definition) is 3. The molecular weight excluding hydrogens is 200 g/mol. The fourth-order valence-electron chi connectivity index (χ4n) is 1.38. The first-order valence-electron chi connectivity index (χ1n) is 4.01. The minimum Gasteiger partial charge on any atom is -0.494 e. The van der Waals surface area contributed by atoms with Crippen LogP contribution in [0, 0.1) is 0 Å². The van der Waals surface area contributed by atoms with Crippen molar-refractivity contribution in [3.05, 3.63) is 29.1 Å². The molecule has 0 unspecified atom stereocenters. The number of ether oxygens (including phenoxy) is 1. The molecule has 72 valence electrons. The molecule has 1 aromatic carbocycles. The minimum atomic E-state index is -0.961. The van der Waals surface area contributed by atoms with Crippen LogP contribution in [-0.4, -0.2) is 18.2 Å². The first-order chi connectivity index (χ1) is 6.74. The van der Waals surface area contributed by atoms with Crippen molar-refractivity contribution in [2.45, 2.75) is 0 Å². The van der Waals surface area contributed by atoms with E-state index < -0.39 is 5.97 Å². The predicted octanol–water partition coefficient (Wildman–Crippen LogP) is 2.61. The summed E-state index contributed by atoms with van der Waals surface area (Å²) in [5, 5.41) is 11.8. The first-order valence-corrected chi connectivity index (χ1v) is 4.89. The zero-order valence-corrected chi connectivity index (χ0v) is 8.30. The molecule has 14 heavy (non-hydrogen) atoms. The Bertz CT molecular complexity index is 487. The molecule has 0 aliphatic carbocycles. The van der Waals surface area contributed by atoms with Gasteiger partial charge in [-0.25, -0.2) is 4.79 Å². The van der Waals surface area contributed by atoms with Gasteiger partial charge in [-0.2, -0.15) is 0 Å². The molecule has 2 rings (SSSR count). The summed E-state index contributed by atoms with van der Waals surface area (Å²) in [5.41, 5.74) is 0.211. The van der Waals surface area contributed by atoms with Gasteiger partial charge in [0.2, 0.25) is 0 Å². The van der Waals surface area contributed by atoms with Gasteiger partial charge < -0.3 is 9.84 Å². The Morgan fingerprint density at radius 3 is 2.86 bits per heavy atom. The molecule has 4 heteroatoms. The fraction of sp³-hybridized carbons (Fsp3) is 0.100. The van der Waals surface area contributed by atoms with E-state index in [2.05, 4.69) is 0 Å². The van der Waals surface area contributed by atoms with Crippen molar-refractivity contribution >= 4 is 27.4 Å². The molecule has 0 amide bonds. The molecule has 1 aromatic heterocycles. The third-order valence-electron chi connectivity index (χ3n) is 2.01. The lowest BCUT2D eigenvalue weighted by Gasteiger charge is -2.05. The predicted molar refractivity (Wildman–Crippen MR) is 55.3 cm³/mol. The van der Waals surface area contributed by atoms with E-state index in [0.717, 1.165) is 10.1 Å². The van der Waals surface area contributed by atoms with E-state index in [0.29, 0.717) is 5.75 Å². The number of carboxylic acid groups (broad SMARTS) is 1. The highest BCUT2D eigenvalue weighted by Crippen LogP contribution is 2.33. The summed E-state index contributed by atoms with van der Waals surface area (Å²) in [4.78, 5) is 10.9. The van der Waals surface area contributed by atoms with E-state index in [9.17, 15) is 4.79 Å². The van der Waals surface area contributed by atoms with Gasteiger partial charge in [0.25, 0.3) is 0 Å². The van der Waals surface area contributed by atoms with Crippen LogP contribution in [0.3, 0.4) is 0 Å². The Morgan fingerprint density at radius 1 is 1.43 bits per heavy atom. The van der Waals surface area contributed by atoms with Gasteiger partial charge in [-0.1, -0.05) is 6.07 Å². The van der Waals surface area contributed by atoms with Gasteiger partial charge in [0.15, 0.2) is 5.75 Å². The van der Waals surface area contributed by atoms with Gasteiger partial charge in [0.1, 0.15) is 5.56 Å². The quantitative estimate of drug-likeness (QED) is 0.825. The molecule has 0 radical (unpaired) electrons. The van der Waals surface area contributed by atoms with Crippen LogP contribution in [0.25, 0.3) is 10.1 Å². The third kappa shape index (κ3) is 1.24. The Kier molecular flexibility index (Phi) is 2.13. The number of fused-ring (bicyclic) bond motifs is 1. The van der Waals surface area contributed by atoms with Crippen LogP contribution >= 0.6 is 11.3 Å². The van der Waals surface area contributed by atoms with E-state index in [1.807, 2.05) is 11.4 Å². The van der Waals surface area contributed by atoms with Crippen LogP contribution in [0.2, 0.25) is 0 Å². The molecular formula is C10H8O3S. The van der Waals surface area contributed by atoms with Crippen molar-refractivity contribution < 1.29 is 14.6 Å². The van der Waals surface area contributed by atoms with Gasteiger partial charge in [-0.05, 0) is 22.9 Å². The minimum absolute atomic E-state index is 0.211. The molecule has 0 atom stereocenters. The average molecular weight is 208 g/mol. The largest absolute Gasteiger partial charge is 0.494 e. The standard InChI is InChI=1S/C10H8O3S/c1-13-8-7(10(11)12)3-2-6-4-5-14-9(6)8/h2-5H,1H3,(H,11,12). The molecule has 0 bridgehead atoms. The second kappa shape index (κ2) is 3.31. The summed E-state index contributed by atoms with van der Waals surface area (Å²) in [5.74, 6) is -0.512. The number of thiophene rings is 1. The SMILES string of the molecule is COc1c(C(=O)O)ccc2ccsc12. The second-order valence-electron chi connectivity index (χ2n) is 2.79. The highest BCUT2D eigenvalue weighted by atomic mass is 32.1. The Morgan fingerprint density at radius 2 is 2.21 bits per heavy atom. The van der Waals surface area contributed by atoms with E-state index >= 15 is 0 Å².